The number of hydrogen-bond donors (Lipinski definition) is 2. The topological polar surface area (TPSA) is 49.3 Å². The Balaban J connectivity index is 2.32. The number of anilines is 1. The van der Waals surface area contributed by atoms with Gasteiger partial charge >= 0.3 is 0 Å². The van der Waals surface area contributed by atoms with Crippen LogP contribution in [0.4, 0.5) is 5.69 Å². The lowest BCUT2D eigenvalue weighted by Gasteiger charge is -2.10. The van der Waals surface area contributed by atoms with Crippen molar-refractivity contribution >= 4 is 58.0 Å². The summed E-state index contributed by atoms with van der Waals surface area (Å²) >= 11 is 23.1. The predicted octanol–water partition coefficient (Wildman–Crippen LogP) is 5.26. The molecular weight excluding hydrogens is 344 g/mol. The molecule has 3 nitrogen and oxygen atoms in total. The van der Waals surface area contributed by atoms with Crippen LogP contribution in [0.15, 0.2) is 30.3 Å². The van der Waals surface area contributed by atoms with E-state index in [1.807, 2.05) is 0 Å². The average Bonchev–Trinajstić information content (AvgIpc) is 2.43. The van der Waals surface area contributed by atoms with E-state index in [0.29, 0.717) is 10.7 Å². The first-order valence-corrected chi connectivity index (χ1v) is 6.84. The fraction of sp³-hybridized carbons (Fsp3) is 0. The molecule has 2 aromatic rings. The van der Waals surface area contributed by atoms with Crippen molar-refractivity contribution in [2.24, 2.45) is 0 Å². The molecule has 2 aromatic carbocycles. The van der Waals surface area contributed by atoms with Gasteiger partial charge in [-0.15, -0.1) is 0 Å². The van der Waals surface area contributed by atoms with E-state index in [4.69, 9.17) is 46.4 Å². The zero-order valence-corrected chi connectivity index (χ0v) is 12.8. The Morgan fingerprint density at radius 3 is 2.20 bits per heavy atom. The lowest BCUT2D eigenvalue weighted by atomic mass is 10.1. The maximum absolute atomic E-state index is 12.1. The number of phenols is 1. The second kappa shape index (κ2) is 6.10. The standard InChI is InChI=1S/C13H7Cl4NO2/c14-6-1-3-7(4-2-6)18-13(20)8-5-9(15)10(16)11(17)12(8)19/h1-5,19H,(H,18,20). The van der Waals surface area contributed by atoms with Gasteiger partial charge in [0.15, 0.2) is 0 Å². The lowest BCUT2D eigenvalue weighted by molar-refractivity contribution is 0.102. The Kier molecular flexibility index (Phi) is 4.66. The second-order valence-corrected chi connectivity index (χ2v) is 5.44. The number of amides is 1. The molecule has 0 fully saturated rings. The first-order chi connectivity index (χ1) is 9.40. The van der Waals surface area contributed by atoms with Gasteiger partial charge in [-0.05, 0) is 30.3 Å². The van der Waals surface area contributed by atoms with Crippen LogP contribution in [-0.4, -0.2) is 11.0 Å². The van der Waals surface area contributed by atoms with Crippen molar-refractivity contribution in [3.05, 3.63) is 56.0 Å². The molecule has 0 aliphatic heterocycles. The highest BCUT2D eigenvalue weighted by Gasteiger charge is 2.19. The van der Waals surface area contributed by atoms with Gasteiger partial charge in [0.05, 0.1) is 15.6 Å². The van der Waals surface area contributed by atoms with E-state index in [-0.39, 0.29) is 20.6 Å². The minimum Gasteiger partial charge on any atom is -0.505 e. The number of aromatic hydroxyl groups is 1. The molecule has 0 spiro atoms. The first kappa shape index (κ1) is 15.3. The predicted molar refractivity (Wildman–Crippen MR) is 82.5 cm³/mol. The quantitative estimate of drug-likeness (QED) is 0.726. The van der Waals surface area contributed by atoms with E-state index < -0.39 is 11.7 Å². The van der Waals surface area contributed by atoms with Crippen molar-refractivity contribution < 1.29 is 9.90 Å². The van der Waals surface area contributed by atoms with Crippen LogP contribution in [0.1, 0.15) is 10.4 Å². The maximum Gasteiger partial charge on any atom is 0.259 e. The van der Waals surface area contributed by atoms with Crippen LogP contribution in [0.3, 0.4) is 0 Å². The Bertz CT molecular complexity index is 671. The molecule has 0 saturated heterocycles. The fourth-order valence-corrected chi connectivity index (χ4v) is 2.22. The molecule has 0 bridgehead atoms. The van der Waals surface area contributed by atoms with Gasteiger partial charge in [0.2, 0.25) is 0 Å². The molecule has 0 atom stereocenters. The number of nitrogens with one attached hydrogen (secondary N) is 1. The Morgan fingerprint density at radius 2 is 1.60 bits per heavy atom. The lowest BCUT2D eigenvalue weighted by Crippen LogP contribution is -2.12. The first-order valence-electron chi connectivity index (χ1n) is 5.33. The number of phenolic OH excluding ortho intramolecular Hbond substituents is 1. The molecule has 0 aromatic heterocycles. The van der Waals surface area contributed by atoms with Crippen LogP contribution < -0.4 is 5.32 Å². The van der Waals surface area contributed by atoms with Gasteiger partial charge in [0.25, 0.3) is 5.91 Å². The van der Waals surface area contributed by atoms with E-state index >= 15 is 0 Å². The third kappa shape index (κ3) is 3.13. The van der Waals surface area contributed by atoms with E-state index in [2.05, 4.69) is 5.32 Å². The molecule has 104 valence electrons. The summed E-state index contributed by atoms with van der Waals surface area (Å²) in [5.74, 6) is -0.988. The number of halogens is 4. The normalized spacial score (nSPS) is 10.4. The van der Waals surface area contributed by atoms with Crippen molar-refractivity contribution in [2.45, 2.75) is 0 Å². The number of carbonyl (C=O) groups excluding carboxylic acids is 1. The van der Waals surface area contributed by atoms with Gasteiger partial charge in [-0.25, -0.2) is 0 Å². The van der Waals surface area contributed by atoms with E-state index in [1.165, 1.54) is 6.07 Å². The molecule has 2 rings (SSSR count). The highest BCUT2D eigenvalue weighted by molar-refractivity contribution is 6.49. The zero-order valence-electron chi connectivity index (χ0n) is 9.75. The number of hydrogen-bond acceptors (Lipinski definition) is 2. The Hall–Kier alpha value is -1.13. The fourth-order valence-electron chi connectivity index (χ4n) is 1.49. The molecule has 2 N–H and O–H groups in total. The number of carbonyl (C=O) groups is 1. The summed E-state index contributed by atoms with van der Waals surface area (Å²) in [7, 11) is 0. The second-order valence-electron chi connectivity index (χ2n) is 3.84. The van der Waals surface area contributed by atoms with Crippen LogP contribution >= 0.6 is 46.4 Å². The summed E-state index contributed by atoms with van der Waals surface area (Å²) in [6.07, 6.45) is 0. The number of benzene rings is 2. The summed E-state index contributed by atoms with van der Waals surface area (Å²) in [4.78, 5) is 12.1. The third-order valence-electron chi connectivity index (χ3n) is 2.48. The van der Waals surface area contributed by atoms with Crippen molar-refractivity contribution in [2.75, 3.05) is 5.32 Å². The highest BCUT2D eigenvalue weighted by Crippen LogP contribution is 2.39. The highest BCUT2D eigenvalue weighted by atomic mass is 35.5. The molecule has 0 saturated carbocycles. The Morgan fingerprint density at radius 1 is 1.00 bits per heavy atom. The summed E-state index contributed by atoms with van der Waals surface area (Å²) < 4.78 is 0. The molecule has 1 amide bonds. The SMILES string of the molecule is O=C(Nc1ccc(Cl)cc1)c1cc(Cl)c(Cl)c(Cl)c1O. The van der Waals surface area contributed by atoms with Gasteiger partial charge in [-0.3, -0.25) is 4.79 Å². The molecule has 0 aliphatic rings. The average molecular weight is 351 g/mol. The van der Waals surface area contributed by atoms with Crippen LogP contribution in [0, 0.1) is 0 Å². The largest absolute Gasteiger partial charge is 0.505 e. The monoisotopic (exact) mass is 349 g/mol. The van der Waals surface area contributed by atoms with E-state index in [1.54, 1.807) is 24.3 Å². The maximum atomic E-state index is 12.1. The summed E-state index contributed by atoms with van der Waals surface area (Å²) in [6.45, 7) is 0. The van der Waals surface area contributed by atoms with E-state index in [9.17, 15) is 9.90 Å². The van der Waals surface area contributed by atoms with Gasteiger partial charge in [0.1, 0.15) is 10.8 Å². The molecule has 0 radical (unpaired) electrons. The third-order valence-corrected chi connectivity index (χ3v) is 3.99. The summed E-state index contributed by atoms with van der Waals surface area (Å²) in [5.41, 5.74) is 0.445. The van der Waals surface area contributed by atoms with Crippen molar-refractivity contribution in [3.63, 3.8) is 0 Å². The molecular formula is C13H7Cl4NO2. The minimum absolute atomic E-state index is 0.00567. The van der Waals surface area contributed by atoms with E-state index in [0.717, 1.165) is 0 Å². The molecule has 7 heteroatoms. The Labute approximate surface area is 135 Å². The number of rotatable bonds is 2. The van der Waals surface area contributed by atoms with Crippen LogP contribution in [0.5, 0.6) is 5.75 Å². The van der Waals surface area contributed by atoms with Gasteiger partial charge in [-0.2, -0.15) is 0 Å². The van der Waals surface area contributed by atoms with Crippen LogP contribution in [0.25, 0.3) is 0 Å². The van der Waals surface area contributed by atoms with Gasteiger partial charge in [0, 0.05) is 10.7 Å². The zero-order chi connectivity index (χ0) is 14.9. The molecule has 0 heterocycles. The van der Waals surface area contributed by atoms with Gasteiger partial charge in [-0.1, -0.05) is 46.4 Å². The molecule has 0 aliphatic carbocycles. The summed E-state index contributed by atoms with van der Waals surface area (Å²) in [5, 5.41) is 12.9. The van der Waals surface area contributed by atoms with Crippen LogP contribution in [-0.2, 0) is 0 Å². The van der Waals surface area contributed by atoms with Crippen LogP contribution in [0.2, 0.25) is 20.1 Å². The van der Waals surface area contributed by atoms with Crippen molar-refractivity contribution in [1.29, 1.82) is 0 Å². The van der Waals surface area contributed by atoms with Crippen molar-refractivity contribution in [1.82, 2.24) is 0 Å². The summed E-state index contributed by atoms with van der Waals surface area (Å²) in [6, 6.07) is 7.74. The van der Waals surface area contributed by atoms with Gasteiger partial charge < -0.3 is 10.4 Å². The molecule has 20 heavy (non-hydrogen) atoms. The molecule has 0 unspecified atom stereocenters. The smallest absolute Gasteiger partial charge is 0.259 e. The minimum atomic E-state index is -0.565. The van der Waals surface area contributed by atoms with Crippen molar-refractivity contribution in [3.8, 4) is 5.75 Å².